The number of pyridine rings is 1. The molecule has 0 bridgehead atoms. The zero-order valence-corrected chi connectivity index (χ0v) is 11.7. The number of halogens is 1. The molecule has 7 nitrogen and oxygen atoms in total. The fourth-order valence-electron chi connectivity index (χ4n) is 1.69. The lowest BCUT2D eigenvalue weighted by Gasteiger charge is -2.08. The van der Waals surface area contributed by atoms with Gasteiger partial charge in [-0.2, -0.15) is 0 Å². The first kappa shape index (κ1) is 14.7. The van der Waals surface area contributed by atoms with Crippen LogP contribution in [-0.4, -0.2) is 22.9 Å². The lowest BCUT2D eigenvalue weighted by atomic mass is 10.1. The van der Waals surface area contributed by atoms with E-state index >= 15 is 0 Å². The van der Waals surface area contributed by atoms with E-state index in [1.54, 1.807) is 19.2 Å². The lowest BCUT2D eigenvalue weighted by molar-refractivity contribution is -0.383. The molecule has 0 atom stereocenters. The molecule has 1 heterocycles. The van der Waals surface area contributed by atoms with Gasteiger partial charge in [-0.25, -0.2) is 4.98 Å². The van der Waals surface area contributed by atoms with E-state index in [9.17, 15) is 14.9 Å². The second kappa shape index (κ2) is 6.19. The predicted molar refractivity (Wildman–Crippen MR) is 79.8 cm³/mol. The number of nitrogens with zero attached hydrogens (tertiary/aromatic N) is 2. The molecule has 0 unspecified atom stereocenters. The summed E-state index contributed by atoms with van der Waals surface area (Å²) in [5.41, 5.74) is 0.399. The minimum absolute atomic E-state index is 0.107. The van der Waals surface area contributed by atoms with Crippen LogP contribution in [0.25, 0.3) is 0 Å². The van der Waals surface area contributed by atoms with Crippen LogP contribution < -0.4 is 10.6 Å². The standard InChI is InChI=1S/C13H11ClN4O3/c1-15-10-7-8(4-5-11(10)18(20)21)13(19)17-12-9(14)3-2-6-16-12/h2-7,15H,1H3,(H,16,17,19). The van der Waals surface area contributed by atoms with E-state index in [2.05, 4.69) is 15.6 Å². The molecule has 2 rings (SSSR count). The highest BCUT2D eigenvalue weighted by Crippen LogP contribution is 2.25. The number of nitro groups is 1. The van der Waals surface area contributed by atoms with Crippen LogP contribution in [0.5, 0.6) is 0 Å². The number of hydrogen-bond donors (Lipinski definition) is 2. The van der Waals surface area contributed by atoms with Gasteiger partial charge in [-0.1, -0.05) is 11.6 Å². The monoisotopic (exact) mass is 306 g/mol. The minimum Gasteiger partial charge on any atom is -0.383 e. The lowest BCUT2D eigenvalue weighted by Crippen LogP contribution is -2.13. The highest BCUT2D eigenvalue weighted by molar-refractivity contribution is 6.33. The number of carbonyl (C=O) groups is 1. The van der Waals surface area contributed by atoms with E-state index in [1.165, 1.54) is 24.4 Å². The maximum absolute atomic E-state index is 12.1. The molecule has 108 valence electrons. The van der Waals surface area contributed by atoms with Crippen molar-refractivity contribution in [3.63, 3.8) is 0 Å². The third kappa shape index (κ3) is 3.26. The van der Waals surface area contributed by atoms with E-state index in [-0.39, 0.29) is 22.8 Å². The van der Waals surface area contributed by atoms with Crippen molar-refractivity contribution in [1.82, 2.24) is 4.98 Å². The first-order valence-corrected chi connectivity index (χ1v) is 6.29. The Morgan fingerprint density at radius 3 is 2.76 bits per heavy atom. The smallest absolute Gasteiger partial charge is 0.292 e. The van der Waals surface area contributed by atoms with E-state index < -0.39 is 10.8 Å². The molecule has 1 amide bonds. The number of hydrogen-bond acceptors (Lipinski definition) is 5. The molecule has 0 spiro atoms. The van der Waals surface area contributed by atoms with Crippen molar-refractivity contribution in [2.45, 2.75) is 0 Å². The van der Waals surface area contributed by atoms with E-state index in [1.807, 2.05) is 0 Å². The molecule has 0 aliphatic carbocycles. The summed E-state index contributed by atoms with van der Waals surface area (Å²) in [4.78, 5) is 26.4. The zero-order valence-electron chi connectivity index (χ0n) is 11.0. The van der Waals surface area contributed by atoms with E-state index in [0.717, 1.165) is 0 Å². The molecule has 1 aromatic carbocycles. The third-order valence-electron chi connectivity index (χ3n) is 2.72. The average Bonchev–Trinajstić information content (AvgIpc) is 2.48. The number of benzene rings is 1. The molecule has 0 fully saturated rings. The topological polar surface area (TPSA) is 97.2 Å². The Kier molecular flexibility index (Phi) is 4.34. The summed E-state index contributed by atoms with van der Waals surface area (Å²) in [6.45, 7) is 0. The van der Waals surface area contributed by atoms with Gasteiger partial charge in [0.05, 0.1) is 9.95 Å². The molecule has 21 heavy (non-hydrogen) atoms. The van der Waals surface area contributed by atoms with Crippen molar-refractivity contribution in [3.8, 4) is 0 Å². The summed E-state index contributed by atoms with van der Waals surface area (Å²) in [5, 5.41) is 16.4. The maximum Gasteiger partial charge on any atom is 0.292 e. The summed E-state index contributed by atoms with van der Waals surface area (Å²) >= 11 is 5.90. The Labute approximate surface area is 125 Å². The molecule has 2 N–H and O–H groups in total. The van der Waals surface area contributed by atoms with Crippen LogP contribution in [0.1, 0.15) is 10.4 Å². The number of rotatable bonds is 4. The van der Waals surface area contributed by atoms with Gasteiger partial charge >= 0.3 is 0 Å². The number of anilines is 2. The number of amides is 1. The van der Waals surface area contributed by atoms with Gasteiger partial charge in [-0.3, -0.25) is 14.9 Å². The number of nitro benzene ring substituents is 1. The third-order valence-corrected chi connectivity index (χ3v) is 3.02. The first-order chi connectivity index (χ1) is 10.0. The Balaban J connectivity index is 2.28. The maximum atomic E-state index is 12.1. The summed E-state index contributed by atoms with van der Waals surface area (Å²) in [6.07, 6.45) is 1.50. The summed E-state index contributed by atoms with van der Waals surface area (Å²) in [5.74, 6) is -0.226. The Bertz CT molecular complexity index is 706. The predicted octanol–water partition coefficient (Wildman–Crippen LogP) is 2.94. The van der Waals surface area contributed by atoms with Crippen LogP contribution >= 0.6 is 11.6 Å². The summed E-state index contributed by atoms with van der Waals surface area (Å²) in [6, 6.07) is 7.26. The average molecular weight is 307 g/mol. The fraction of sp³-hybridized carbons (Fsp3) is 0.0769. The van der Waals surface area contributed by atoms with Gasteiger partial charge in [0.25, 0.3) is 11.6 Å². The Hall–Kier alpha value is -2.67. The second-order valence-electron chi connectivity index (χ2n) is 4.03. The van der Waals surface area contributed by atoms with Crippen molar-refractivity contribution < 1.29 is 9.72 Å². The van der Waals surface area contributed by atoms with Gasteiger partial charge in [-0.15, -0.1) is 0 Å². The van der Waals surface area contributed by atoms with Crippen molar-refractivity contribution in [1.29, 1.82) is 0 Å². The second-order valence-corrected chi connectivity index (χ2v) is 4.43. The van der Waals surface area contributed by atoms with Gasteiger partial charge < -0.3 is 10.6 Å². The molecule has 0 radical (unpaired) electrons. The van der Waals surface area contributed by atoms with Crippen LogP contribution in [0.3, 0.4) is 0 Å². The molecule has 0 saturated carbocycles. The highest BCUT2D eigenvalue weighted by Gasteiger charge is 2.16. The molecule has 0 saturated heterocycles. The van der Waals surface area contributed by atoms with Gasteiger partial charge in [0.1, 0.15) is 5.69 Å². The van der Waals surface area contributed by atoms with Crippen LogP contribution in [-0.2, 0) is 0 Å². The van der Waals surface area contributed by atoms with Crippen LogP contribution in [0, 0.1) is 10.1 Å². The molecular weight excluding hydrogens is 296 g/mol. The molecule has 0 aliphatic heterocycles. The normalized spacial score (nSPS) is 10.0. The van der Waals surface area contributed by atoms with Crippen molar-refractivity contribution in [2.75, 3.05) is 17.7 Å². The van der Waals surface area contributed by atoms with Crippen molar-refractivity contribution in [2.24, 2.45) is 0 Å². The molecule has 1 aromatic heterocycles. The Morgan fingerprint density at radius 2 is 2.14 bits per heavy atom. The molecule has 2 aromatic rings. The SMILES string of the molecule is CNc1cc(C(=O)Nc2ncccc2Cl)ccc1[N+](=O)[O-]. The van der Waals surface area contributed by atoms with E-state index in [0.29, 0.717) is 5.02 Å². The van der Waals surface area contributed by atoms with Gasteiger partial charge in [-0.05, 0) is 24.3 Å². The van der Waals surface area contributed by atoms with Crippen LogP contribution in [0.15, 0.2) is 36.5 Å². The summed E-state index contributed by atoms with van der Waals surface area (Å²) < 4.78 is 0. The minimum atomic E-state index is -0.525. The number of nitrogens with one attached hydrogen (secondary N) is 2. The zero-order chi connectivity index (χ0) is 15.4. The quantitative estimate of drug-likeness (QED) is 0.668. The summed E-state index contributed by atoms with van der Waals surface area (Å²) in [7, 11) is 1.54. The number of carbonyl (C=O) groups excluding carboxylic acids is 1. The van der Waals surface area contributed by atoms with Crippen LogP contribution in [0.4, 0.5) is 17.2 Å². The van der Waals surface area contributed by atoms with Crippen molar-refractivity contribution >= 4 is 34.7 Å². The van der Waals surface area contributed by atoms with Gasteiger partial charge in [0.15, 0.2) is 5.82 Å². The van der Waals surface area contributed by atoms with Gasteiger partial charge in [0.2, 0.25) is 0 Å². The number of aromatic nitrogens is 1. The largest absolute Gasteiger partial charge is 0.383 e. The van der Waals surface area contributed by atoms with Crippen molar-refractivity contribution in [3.05, 3.63) is 57.2 Å². The molecule has 8 heteroatoms. The first-order valence-electron chi connectivity index (χ1n) is 5.91. The molecule has 0 aliphatic rings. The fourth-order valence-corrected chi connectivity index (χ4v) is 1.86. The Morgan fingerprint density at radius 1 is 1.38 bits per heavy atom. The van der Waals surface area contributed by atoms with Crippen LogP contribution in [0.2, 0.25) is 5.02 Å². The van der Waals surface area contributed by atoms with E-state index in [4.69, 9.17) is 11.6 Å². The van der Waals surface area contributed by atoms with Gasteiger partial charge in [0, 0.05) is 24.9 Å². The highest BCUT2D eigenvalue weighted by atomic mass is 35.5. The molecular formula is C13H11ClN4O3.